The van der Waals surface area contributed by atoms with Crippen LogP contribution in [0.1, 0.15) is 10.4 Å². The number of aliphatic imine (C=N–C) groups is 1. The van der Waals surface area contributed by atoms with E-state index in [0.717, 1.165) is 0 Å². The number of carboxylic acids is 1. The third-order valence-corrected chi connectivity index (χ3v) is 3.37. The van der Waals surface area contributed by atoms with Crippen LogP contribution in [-0.4, -0.2) is 17.2 Å². The van der Waals surface area contributed by atoms with Crippen molar-refractivity contribution in [2.75, 3.05) is 0 Å². The van der Waals surface area contributed by atoms with E-state index in [0.29, 0.717) is 8.95 Å². The lowest BCUT2D eigenvalue weighted by atomic mass is 10.2. The zero-order valence-electron chi connectivity index (χ0n) is 6.92. The topological polar surface area (TPSA) is 66.7 Å². The van der Waals surface area contributed by atoms with Crippen molar-refractivity contribution in [3.05, 3.63) is 25.6 Å². The third-order valence-electron chi connectivity index (χ3n) is 1.52. The van der Waals surface area contributed by atoms with Gasteiger partial charge in [-0.3, -0.25) is 0 Å². The standard InChI is InChI=1S/C8H2Br2ClNO3/c9-3-1-4(10)7(12-2-13)5(6(3)11)8(14)15/h1H,(H,14,15). The van der Waals surface area contributed by atoms with Crippen LogP contribution in [0.15, 0.2) is 20.0 Å². The number of carbonyl (C=O) groups excluding carboxylic acids is 1. The van der Waals surface area contributed by atoms with E-state index in [-0.39, 0.29) is 16.3 Å². The van der Waals surface area contributed by atoms with Gasteiger partial charge in [0.15, 0.2) is 0 Å². The maximum Gasteiger partial charge on any atom is 0.339 e. The number of hydrogen-bond acceptors (Lipinski definition) is 3. The molecule has 1 rings (SSSR count). The first-order chi connectivity index (χ1) is 6.99. The van der Waals surface area contributed by atoms with Crippen LogP contribution in [0.2, 0.25) is 5.02 Å². The van der Waals surface area contributed by atoms with Crippen molar-refractivity contribution in [1.82, 2.24) is 0 Å². The highest BCUT2D eigenvalue weighted by molar-refractivity contribution is 9.11. The fraction of sp³-hybridized carbons (Fsp3) is 0. The highest BCUT2D eigenvalue weighted by atomic mass is 79.9. The molecule has 1 aromatic carbocycles. The summed E-state index contributed by atoms with van der Waals surface area (Å²) < 4.78 is 0.748. The molecule has 0 aliphatic heterocycles. The van der Waals surface area contributed by atoms with Crippen molar-refractivity contribution in [3.8, 4) is 0 Å². The third kappa shape index (κ3) is 2.46. The highest BCUT2D eigenvalue weighted by Crippen LogP contribution is 2.39. The normalized spacial score (nSPS) is 9.53. The van der Waals surface area contributed by atoms with E-state index < -0.39 is 5.97 Å². The van der Waals surface area contributed by atoms with E-state index >= 15 is 0 Å². The lowest BCUT2D eigenvalue weighted by Crippen LogP contribution is -1.99. The monoisotopic (exact) mass is 353 g/mol. The Labute approximate surface area is 106 Å². The molecular formula is C8H2Br2ClNO3. The Morgan fingerprint density at radius 3 is 2.53 bits per heavy atom. The molecule has 0 saturated heterocycles. The van der Waals surface area contributed by atoms with Crippen molar-refractivity contribution >= 4 is 61.2 Å². The van der Waals surface area contributed by atoms with E-state index in [1.807, 2.05) is 0 Å². The molecule has 0 fully saturated rings. The number of halogens is 3. The Hall–Kier alpha value is -0.680. The van der Waals surface area contributed by atoms with Gasteiger partial charge in [0.05, 0.1) is 5.02 Å². The van der Waals surface area contributed by atoms with Gasteiger partial charge in [0, 0.05) is 8.95 Å². The van der Waals surface area contributed by atoms with Crippen molar-refractivity contribution in [3.63, 3.8) is 0 Å². The molecule has 15 heavy (non-hydrogen) atoms. The van der Waals surface area contributed by atoms with Crippen LogP contribution >= 0.6 is 43.5 Å². The Balaban J connectivity index is 3.68. The van der Waals surface area contributed by atoms with Crippen LogP contribution in [0.4, 0.5) is 5.69 Å². The maximum absolute atomic E-state index is 10.9. The van der Waals surface area contributed by atoms with Gasteiger partial charge < -0.3 is 5.11 Å². The van der Waals surface area contributed by atoms with Gasteiger partial charge in [-0.2, -0.15) is 4.99 Å². The SMILES string of the molecule is O=C=Nc1c(Br)cc(Br)c(Cl)c1C(=O)O. The molecule has 0 aliphatic carbocycles. The summed E-state index contributed by atoms with van der Waals surface area (Å²) in [7, 11) is 0. The number of carbonyl (C=O) groups is 1. The summed E-state index contributed by atoms with van der Waals surface area (Å²) >= 11 is 11.9. The summed E-state index contributed by atoms with van der Waals surface area (Å²) in [6.45, 7) is 0. The zero-order valence-corrected chi connectivity index (χ0v) is 10.9. The number of rotatable bonds is 2. The number of isocyanates is 1. The quantitative estimate of drug-likeness (QED) is 0.501. The van der Waals surface area contributed by atoms with E-state index in [9.17, 15) is 9.59 Å². The van der Waals surface area contributed by atoms with Gasteiger partial charge in [0.25, 0.3) is 0 Å². The van der Waals surface area contributed by atoms with Gasteiger partial charge in [-0.05, 0) is 37.9 Å². The van der Waals surface area contributed by atoms with Gasteiger partial charge in [-0.25, -0.2) is 9.59 Å². The minimum absolute atomic E-state index is 0.0142. The molecule has 0 unspecified atom stereocenters. The van der Waals surface area contributed by atoms with Crippen LogP contribution in [-0.2, 0) is 4.79 Å². The maximum atomic E-state index is 10.9. The minimum atomic E-state index is -1.27. The van der Waals surface area contributed by atoms with Crippen LogP contribution in [0.3, 0.4) is 0 Å². The Morgan fingerprint density at radius 1 is 1.47 bits per heavy atom. The van der Waals surface area contributed by atoms with E-state index in [2.05, 4.69) is 36.9 Å². The number of aromatic carboxylic acids is 1. The molecule has 0 aliphatic rings. The summed E-state index contributed by atoms with van der Waals surface area (Å²) in [5.41, 5.74) is -0.299. The predicted molar refractivity (Wildman–Crippen MR) is 61.6 cm³/mol. The van der Waals surface area contributed by atoms with Crippen LogP contribution < -0.4 is 0 Å². The number of nitrogens with zero attached hydrogens (tertiary/aromatic N) is 1. The number of benzene rings is 1. The van der Waals surface area contributed by atoms with Crippen molar-refractivity contribution in [1.29, 1.82) is 0 Å². The van der Waals surface area contributed by atoms with E-state index in [4.69, 9.17) is 16.7 Å². The fourth-order valence-electron chi connectivity index (χ4n) is 0.936. The molecule has 0 radical (unpaired) electrons. The molecule has 0 amide bonds. The van der Waals surface area contributed by atoms with Gasteiger partial charge in [0.1, 0.15) is 11.3 Å². The summed E-state index contributed by atoms with van der Waals surface area (Å²) in [4.78, 5) is 24.3. The predicted octanol–water partition coefficient (Wildman–Crippen LogP) is 3.53. The lowest BCUT2D eigenvalue weighted by Gasteiger charge is -2.06. The molecule has 1 N–H and O–H groups in total. The van der Waals surface area contributed by atoms with E-state index in [1.54, 1.807) is 0 Å². The molecule has 7 heteroatoms. The van der Waals surface area contributed by atoms with Crippen LogP contribution in [0.25, 0.3) is 0 Å². The smallest absolute Gasteiger partial charge is 0.339 e. The minimum Gasteiger partial charge on any atom is -0.478 e. The zero-order chi connectivity index (χ0) is 11.6. The molecule has 1 aromatic rings. The summed E-state index contributed by atoms with van der Waals surface area (Å²) in [5, 5.41) is 8.89. The molecule has 0 atom stereocenters. The van der Waals surface area contributed by atoms with Gasteiger partial charge >= 0.3 is 5.97 Å². The average Bonchev–Trinajstić information content (AvgIpc) is 2.14. The van der Waals surface area contributed by atoms with Crippen molar-refractivity contribution in [2.24, 2.45) is 4.99 Å². The second-order valence-corrected chi connectivity index (χ2v) is 4.47. The van der Waals surface area contributed by atoms with Gasteiger partial charge in [0.2, 0.25) is 6.08 Å². The molecule has 0 spiro atoms. The number of hydrogen-bond donors (Lipinski definition) is 1. The molecule has 0 bridgehead atoms. The van der Waals surface area contributed by atoms with Gasteiger partial charge in [-0.1, -0.05) is 11.6 Å². The Kier molecular flexibility index (Phi) is 4.04. The molecule has 0 saturated carbocycles. The molecule has 78 valence electrons. The summed E-state index contributed by atoms with van der Waals surface area (Å²) in [6.07, 6.45) is 1.27. The first-order valence-electron chi connectivity index (χ1n) is 3.47. The van der Waals surface area contributed by atoms with E-state index in [1.165, 1.54) is 12.1 Å². The highest BCUT2D eigenvalue weighted by Gasteiger charge is 2.20. The summed E-state index contributed by atoms with van der Waals surface area (Å²) in [6, 6.07) is 1.50. The Morgan fingerprint density at radius 2 is 2.07 bits per heavy atom. The van der Waals surface area contributed by atoms with Crippen molar-refractivity contribution in [2.45, 2.75) is 0 Å². The van der Waals surface area contributed by atoms with Crippen molar-refractivity contribution < 1.29 is 14.7 Å². The molecular weight excluding hydrogens is 353 g/mol. The number of carboxylic acid groups (broad SMARTS) is 1. The van der Waals surface area contributed by atoms with Gasteiger partial charge in [-0.15, -0.1) is 0 Å². The second kappa shape index (κ2) is 4.90. The first kappa shape index (κ1) is 12.4. The Bertz CT molecular complexity index is 483. The lowest BCUT2D eigenvalue weighted by molar-refractivity contribution is 0.0698. The molecule has 0 aromatic heterocycles. The molecule has 0 heterocycles. The first-order valence-corrected chi connectivity index (χ1v) is 5.44. The fourth-order valence-corrected chi connectivity index (χ4v) is 2.41. The molecule has 4 nitrogen and oxygen atoms in total. The second-order valence-electron chi connectivity index (χ2n) is 2.39. The average molecular weight is 355 g/mol. The van der Waals surface area contributed by atoms with Crippen LogP contribution in [0, 0.1) is 0 Å². The van der Waals surface area contributed by atoms with Crippen LogP contribution in [0.5, 0.6) is 0 Å². The summed E-state index contributed by atoms with van der Waals surface area (Å²) in [5.74, 6) is -1.27. The largest absolute Gasteiger partial charge is 0.478 e.